The number of nitrogens with one attached hydrogen (secondary N) is 1. The summed E-state index contributed by atoms with van der Waals surface area (Å²) in [5, 5.41) is 3.09. The molecule has 1 fully saturated rings. The van der Waals surface area contributed by atoms with E-state index in [0.29, 0.717) is 39.2 Å². The number of carbonyl (C=O) groups excluding carboxylic acids is 1. The summed E-state index contributed by atoms with van der Waals surface area (Å²) in [5.74, 6) is 0.153. The zero-order valence-electron chi connectivity index (χ0n) is 11.7. The lowest BCUT2D eigenvalue weighted by Gasteiger charge is -2.25. The van der Waals surface area contributed by atoms with Crippen LogP contribution >= 0.6 is 0 Å². The van der Waals surface area contributed by atoms with Gasteiger partial charge in [-0.25, -0.2) is 8.42 Å². The largest absolute Gasteiger partial charge is 0.465 e. The maximum atomic E-state index is 11.8. The number of likely N-dealkylation sites (N-methyl/N-ethyl adjacent to an activating group) is 1. The van der Waals surface area contributed by atoms with E-state index in [4.69, 9.17) is 4.74 Å². The topological polar surface area (TPSA) is 75.7 Å². The van der Waals surface area contributed by atoms with E-state index in [-0.39, 0.29) is 23.5 Å². The van der Waals surface area contributed by atoms with Crippen LogP contribution in [0.1, 0.15) is 20.3 Å². The third kappa shape index (κ3) is 5.88. The van der Waals surface area contributed by atoms with Crippen molar-refractivity contribution in [3.63, 3.8) is 0 Å². The van der Waals surface area contributed by atoms with Gasteiger partial charge in [0.05, 0.1) is 18.1 Å². The van der Waals surface area contributed by atoms with E-state index in [0.717, 1.165) is 0 Å². The second kappa shape index (κ2) is 7.81. The molecule has 1 aliphatic rings. The lowest BCUT2D eigenvalue weighted by molar-refractivity contribution is -0.146. The van der Waals surface area contributed by atoms with Crippen LogP contribution in [-0.4, -0.2) is 69.6 Å². The predicted molar refractivity (Wildman–Crippen MR) is 73.8 cm³/mol. The number of esters is 1. The van der Waals surface area contributed by atoms with Gasteiger partial charge in [-0.15, -0.1) is 0 Å². The highest BCUT2D eigenvalue weighted by molar-refractivity contribution is 7.91. The van der Waals surface area contributed by atoms with Gasteiger partial charge in [0.2, 0.25) is 0 Å². The average molecular weight is 292 g/mol. The van der Waals surface area contributed by atoms with E-state index in [2.05, 4.69) is 5.32 Å². The molecule has 0 aromatic heterocycles. The molecule has 0 saturated carbocycles. The fourth-order valence-corrected chi connectivity index (χ4v) is 3.45. The molecule has 7 heteroatoms. The van der Waals surface area contributed by atoms with Crippen LogP contribution < -0.4 is 5.32 Å². The molecule has 0 bridgehead atoms. The third-order valence-corrected chi connectivity index (χ3v) is 4.83. The fraction of sp³-hybridized carbons (Fsp3) is 0.917. The molecule has 112 valence electrons. The minimum atomic E-state index is -2.91. The highest BCUT2D eigenvalue weighted by Crippen LogP contribution is 2.06. The summed E-state index contributed by atoms with van der Waals surface area (Å²) < 4.78 is 28.1. The molecule has 19 heavy (non-hydrogen) atoms. The standard InChI is InChI=1S/C12H24N2O4S/c1-3-13-11(12(15)18-4-2)10-14-6-5-8-19(16,17)9-7-14/h11,13H,3-10H2,1-2H3. The van der Waals surface area contributed by atoms with Crippen molar-refractivity contribution in [3.05, 3.63) is 0 Å². The molecule has 1 N–H and O–H groups in total. The van der Waals surface area contributed by atoms with Gasteiger partial charge in [0.25, 0.3) is 0 Å². The molecule has 1 unspecified atom stereocenters. The summed E-state index contributed by atoms with van der Waals surface area (Å²) in [7, 11) is -2.91. The van der Waals surface area contributed by atoms with Crippen LogP contribution in [0.5, 0.6) is 0 Å². The first-order valence-electron chi connectivity index (χ1n) is 6.81. The van der Waals surface area contributed by atoms with Gasteiger partial charge in [0.1, 0.15) is 6.04 Å². The van der Waals surface area contributed by atoms with Crippen LogP contribution in [0.25, 0.3) is 0 Å². The zero-order chi connectivity index (χ0) is 14.3. The summed E-state index contributed by atoms with van der Waals surface area (Å²) in [6, 6.07) is -0.384. The molecule has 0 aromatic rings. The molecule has 0 radical (unpaired) electrons. The molecule has 1 atom stereocenters. The van der Waals surface area contributed by atoms with Crippen LogP contribution in [0.15, 0.2) is 0 Å². The number of hydrogen-bond donors (Lipinski definition) is 1. The minimum Gasteiger partial charge on any atom is -0.465 e. The maximum absolute atomic E-state index is 11.8. The summed E-state index contributed by atoms with van der Waals surface area (Å²) in [4.78, 5) is 13.8. The Morgan fingerprint density at radius 3 is 2.68 bits per heavy atom. The van der Waals surface area contributed by atoms with Crippen LogP contribution in [-0.2, 0) is 19.4 Å². The Kier molecular flexibility index (Phi) is 6.74. The van der Waals surface area contributed by atoms with Crippen LogP contribution in [0.4, 0.5) is 0 Å². The fourth-order valence-electron chi connectivity index (χ4n) is 2.14. The number of ether oxygens (including phenoxy) is 1. The van der Waals surface area contributed by atoms with Gasteiger partial charge < -0.3 is 15.0 Å². The first-order valence-corrected chi connectivity index (χ1v) is 8.63. The van der Waals surface area contributed by atoms with Crippen LogP contribution in [0.3, 0.4) is 0 Å². The molecular weight excluding hydrogens is 268 g/mol. The van der Waals surface area contributed by atoms with Crippen molar-refractivity contribution in [1.82, 2.24) is 10.2 Å². The molecule has 1 saturated heterocycles. The van der Waals surface area contributed by atoms with Crippen molar-refractivity contribution in [3.8, 4) is 0 Å². The summed E-state index contributed by atoms with van der Waals surface area (Å²) >= 11 is 0. The number of carbonyl (C=O) groups is 1. The molecular formula is C12H24N2O4S. The second-order valence-electron chi connectivity index (χ2n) is 4.67. The van der Waals surface area contributed by atoms with Crippen LogP contribution in [0.2, 0.25) is 0 Å². The molecule has 1 aliphatic heterocycles. The van der Waals surface area contributed by atoms with Crippen molar-refractivity contribution < 1.29 is 17.9 Å². The predicted octanol–water partition coefficient (Wildman–Crippen LogP) is -0.352. The highest BCUT2D eigenvalue weighted by Gasteiger charge is 2.25. The third-order valence-electron chi connectivity index (χ3n) is 3.11. The number of rotatable bonds is 6. The first kappa shape index (κ1) is 16.4. The van der Waals surface area contributed by atoms with Gasteiger partial charge in [0, 0.05) is 13.1 Å². The molecule has 0 aromatic carbocycles. The van der Waals surface area contributed by atoms with Crippen molar-refractivity contribution >= 4 is 15.8 Å². The van der Waals surface area contributed by atoms with Gasteiger partial charge >= 0.3 is 5.97 Å². The van der Waals surface area contributed by atoms with Crippen molar-refractivity contribution in [2.24, 2.45) is 0 Å². The Balaban J connectivity index is 2.56. The SMILES string of the molecule is CCNC(CN1CCCS(=O)(=O)CC1)C(=O)OCC. The lowest BCUT2D eigenvalue weighted by Crippen LogP contribution is -2.47. The molecule has 0 amide bonds. The van der Waals surface area contributed by atoms with Gasteiger partial charge in [0.15, 0.2) is 9.84 Å². The van der Waals surface area contributed by atoms with E-state index in [1.807, 2.05) is 11.8 Å². The quantitative estimate of drug-likeness (QED) is 0.674. The van der Waals surface area contributed by atoms with Gasteiger partial charge in [-0.05, 0) is 26.4 Å². The molecule has 0 aliphatic carbocycles. The first-order chi connectivity index (χ1) is 8.98. The Morgan fingerprint density at radius 2 is 2.05 bits per heavy atom. The van der Waals surface area contributed by atoms with Gasteiger partial charge in [-0.1, -0.05) is 6.92 Å². The monoisotopic (exact) mass is 292 g/mol. The van der Waals surface area contributed by atoms with E-state index in [9.17, 15) is 13.2 Å². The Morgan fingerprint density at radius 1 is 1.32 bits per heavy atom. The van der Waals surface area contributed by atoms with E-state index in [1.165, 1.54) is 0 Å². The lowest BCUT2D eigenvalue weighted by atomic mass is 10.2. The highest BCUT2D eigenvalue weighted by atomic mass is 32.2. The minimum absolute atomic E-state index is 0.175. The molecule has 1 rings (SSSR count). The van der Waals surface area contributed by atoms with E-state index in [1.54, 1.807) is 6.92 Å². The number of nitrogens with zero attached hydrogens (tertiary/aromatic N) is 1. The summed E-state index contributed by atoms with van der Waals surface area (Å²) in [5.41, 5.74) is 0. The Hall–Kier alpha value is -0.660. The number of sulfone groups is 1. The van der Waals surface area contributed by atoms with Crippen molar-refractivity contribution in [2.75, 3.05) is 44.3 Å². The average Bonchev–Trinajstić information content (AvgIpc) is 2.51. The van der Waals surface area contributed by atoms with Gasteiger partial charge in [-0.2, -0.15) is 0 Å². The number of hydrogen-bond acceptors (Lipinski definition) is 6. The van der Waals surface area contributed by atoms with Crippen LogP contribution in [0, 0.1) is 0 Å². The summed E-state index contributed by atoms with van der Waals surface area (Å²) in [6.07, 6.45) is 0.629. The van der Waals surface area contributed by atoms with E-state index >= 15 is 0 Å². The summed E-state index contributed by atoms with van der Waals surface area (Å²) in [6.45, 7) is 6.44. The second-order valence-corrected chi connectivity index (χ2v) is 6.97. The van der Waals surface area contributed by atoms with Crippen molar-refractivity contribution in [1.29, 1.82) is 0 Å². The molecule has 6 nitrogen and oxygen atoms in total. The normalized spacial score (nSPS) is 21.6. The Bertz CT molecular complexity index is 383. The molecule has 1 heterocycles. The van der Waals surface area contributed by atoms with Crippen molar-refractivity contribution in [2.45, 2.75) is 26.3 Å². The zero-order valence-corrected chi connectivity index (χ0v) is 12.5. The smallest absolute Gasteiger partial charge is 0.324 e. The Labute approximate surface area is 115 Å². The molecule has 0 spiro atoms. The van der Waals surface area contributed by atoms with E-state index < -0.39 is 9.84 Å². The maximum Gasteiger partial charge on any atom is 0.324 e. The van der Waals surface area contributed by atoms with Gasteiger partial charge in [-0.3, -0.25) is 4.79 Å².